The summed E-state index contributed by atoms with van der Waals surface area (Å²) in [5, 5.41) is 2.65. The molecule has 1 aliphatic heterocycles. The fourth-order valence-electron chi connectivity index (χ4n) is 1.72. The summed E-state index contributed by atoms with van der Waals surface area (Å²) in [6.45, 7) is 3.81. The van der Waals surface area contributed by atoms with Crippen LogP contribution in [0.5, 0.6) is 0 Å². The van der Waals surface area contributed by atoms with Crippen LogP contribution >= 0.6 is 0 Å². The minimum Gasteiger partial charge on any atom is -0.465 e. The predicted octanol–water partition coefficient (Wildman–Crippen LogP) is 0.989. The lowest BCUT2D eigenvalue weighted by Crippen LogP contribution is -2.23. The van der Waals surface area contributed by atoms with Crippen molar-refractivity contribution in [3.63, 3.8) is 0 Å². The van der Waals surface area contributed by atoms with Gasteiger partial charge < -0.3 is 10.1 Å². The fourth-order valence-corrected chi connectivity index (χ4v) is 1.72. The van der Waals surface area contributed by atoms with E-state index in [1.54, 1.807) is 19.2 Å². The van der Waals surface area contributed by atoms with E-state index in [1.165, 1.54) is 0 Å². The van der Waals surface area contributed by atoms with Crippen LogP contribution in [0, 0.1) is 6.92 Å². The van der Waals surface area contributed by atoms with Gasteiger partial charge in [0, 0.05) is 6.20 Å². The molecule has 0 radical (unpaired) electrons. The molecule has 1 aromatic rings. The number of hydrogen-bond donors (Lipinski definition) is 1. The zero-order valence-electron chi connectivity index (χ0n) is 9.11. The molecule has 1 N–H and O–H groups in total. The smallest absolute Gasteiger partial charge is 0.324 e. The number of hydrogen-bond acceptors (Lipinski definition) is 4. The van der Waals surface area contributed by atoms with E-state index in [1.807, 2.05) is 6.92 Å². The number of nitrogens with zero attached hydrogens (tertiary/aromatic N) is 1. The number of carbonyl (C=O) groups is 2. The molecule has 0 spiro atoms. The highest BCUT2D eigenvalue weighted by atomic mass is 16.5. The van der Waals surface area contributed by atoms with Crippen molar-refractivity contribution in [3.8, 4) is 0 Å². The van der Waals surface area contributed by atoms with Crippen LogP contribution in [0.2, 0.25) is 0 Å². The first-order chi connectivity index (χ1) is 7.65. The number of amides is 1. The molecule has 0 unspecified atom stereocenters. The first-order valence-electron chi connectivity index (χ1n) is 5.08. The lowest BCUT2D eigenvalue weighted by Gasteiger charge is -2.06. The number of nitrogens with one attached hydrogen (secondary N) is 1. The summed E-state index contributed by atoms with van der Waals surface area (Å²) < 4.78 is 4.85. The quantitative estimate of drug-likeness (QED) is 0.596. The van der Waals surface area contributed by atoms with Crippen LogP contribution in [0.15, 0.2) is 12.3 Å². The van der Waals surface area contributed by atoms with Crippen molar-refractivity contribution in [1.29, 1.82) is 0 Å². The summed E-state index contributed by atoms with van der Waals surface area (Å²) in [5.41, 5.74) is 1.99. The molecule has 84 valence electrons. The molecule has 0 aromatic carbocycles. The normalized spacial score (nSPS) is 17.9. The van der Waals surface area contributed by atoms with Gasteiger partial charge >= 0.3 is 5.97 Å². The number of pyridine rings is 1. The molecule has 0 saturated heterocycles. The van der Waals surface area contributed by atoms with Crippen LogP contribution < -0.4 is 5.32 Å². The van der Waals surface area contributed by atoms with Gasteiger partial charge in [0.05, 0.1) is 18.0 Å². The van der Waals surface area contributed by atoms with Crippen LogP contribution in [0.4, 0.5) is 5.69 Å². The average molecular weight is 220 g/mol. The van der Waals surface area contributed by atoms with Gasteiger partial charge in [-0.05, 0) is 25.5 Å². The predicted molar refractivity (Wildman–Crippen MR) is 57.0 cm³/mol. The molecule has 0 bridgehead atoms. The molecule has 1 amide bonds. The molecule has 5 nitrogen and oxygen atoms in total. The monoisotopic (exact) mass is 220 g/mol. The lowest BCUT2D eigenvalue weighted by molar-refractivity contribution is -0.147. The van der Waals surface area contributed by atoms with Crippen LogP contribution in [0.3, 0.4) is 0 Å². The molecule has 0 saturated carbocycles. The topological polar surface area (TPSA) is 68.3 Å². The van der Waals surface area contributed by atoms with E-state index in [2.05, 4.69) is 10.3 Å². The van der Waals surface area contributed by atoms with Crippen molar-refractivity contribution < 1.29 is 14.3 Å². The summed E-state index contributed by atoms with van der Waals surface area (Å²) in [7, 11) is 0. The van der Waals surface area contributed by atoms with Crippen LogP contribution in [0.25, 0.3) is 0 Å². The van der Waals surface area contributed by atoms with Gasteiger partial charge in [-0.2, -0.15) is 0 Å². The van der Waals surface area contributed by atoms with Gasteiger partial charge in [-0.3, -0.25) is 14.6 Å². The maximum Gasteiger partial charge on any atom is 0.324 e. The highest BCUT2D eigenvalue weighted by Gasteiger charge is 2.39. The van der Waals surface area contributed by atoms with Gasteiger partial charge in [-0.1, -0.05) is 0 Å². The number of esters is 1. The minimum atomic E-state index is -0.921. The Labute approximate surface area is 92.8 Å². The second kappa shape index (κ2) is 3.92. The lowest BCUT2D eigenvalue weighted by atomic mass is 10.1. The molecular formula is C11H12N2O3. The molecular weight excluding hydrogens is 208 g/mol. The first-order valence-corrected chi connectivity index (χ1v) is 5.08. The average Bonchev–Trinajstić information content (AvgIpc) is 2.56. The standard InChI is InChI=1S/C11H12N2O3/c1-3-16-11(15)7-9-8(13-10(7)14)6(2)4-5-12-9/h4-5,7H,3H2,1-2H3,(H,13,14)/t7-/m1/s1. The van der Waals surface area contributed by atoms with Gasteiger partial charge in [0.1, 0.15) is 0 Å². The third kappa shape index (κ3) is 1.54. The number of ether oxygens (including phenoxy) is 1. The van der Waals surface area contributed by atoms with Gasteiger partial charge in [-0.15, -0.1) is 0 Å². The van der Waals surface area contributed by atoms with Crippen molar-refractivity contribution in [1.82, 2.24) is 4.98 Å². The molecule has 1 atom stereocenters. The Morgan fingerprint density at radius 3 is 3.06 bits per heavy atom. The van der Waals surface area contributed by atoms with Gasteiger partial charge in [0.15, 0.2) is 5.92 Å². The maximum atomic E-state index is 11.6. The van der Waals surface area contributed by atoms with Crippen molar-refractivity contribution in [2.45, 2.75) is 19.8 Å². The maximum absolute atomic E-state index is 11.6. The summed E-state index contributed by atoms with van der Waals surface area (Å²) in [6, 6.07) is 1.78. The van der Waals surface area contributed by atoms with E-state index in [4.69, 9.17) is 4.74 Å². The second-order valence-electron chi connectivity index (χ2n) is 3.56. The van der Waals surface area contributed by atoms with Gasteiger partial charge in [-0.25, -0.2) is 0 Å². The van der Waals surface area contributed by atoms with E-state index in [9.17, 15) is 9.59 Å². The Morgan fingerprint density at radius 2 is 2.38 bits per heavy atom. The Balaban J connectivity index is 2.40. The fraction of sp³-hybridized carbons (Fsp3) is 0.364. The SMILES string of the molecule is CCOC(=O)[C@H]1C(=O)Nc2c(C)ccnc21. The molecule has 1 aromatic heterocycles. The molecule has 0 aliphatic carbocycles. The number of fused-ring (bicyclic) bond motifs is 1. The minimum absolute atomic E-state index is 0.254. The molecule has 16 heavy (non-hydrogen) atoms. The zero-order valence-corrected chi connectivity index (χ0v) is 9.11. The van der Waals surface area contributed by atoms with Crippen molar-refractivity contribution in [2.75, 3.05) is 11.9 Å². The number of aryl methyl sites for hydroxylation is 1. The summed E-state index contributed by atoms with van der Waals surface area (Å²) in [5.74, 6) is -1.83. The summed E-state index contributed by atoms with van der Waals surface area (Å²) >= 11 is 0. The largest absolute Gasteiger partial charge is 0.465 e. The summed E-state index contributed by atoms with van der Waals surface area (Å²) in [4.78, 5) is 27.3. The molecule has 2 heterocycles. The number of rotatable bonds is 2. The first kappa shape index (κ1) is 10.6. The van der Waals surface area contributed by atoms with Gasteiger partial charge in [0.25, 0.3) is 0 Å². The third-order valence-corrected chi connectivity index (χ3v) is 2.49. The Morgan fingerprint density at radius 1 is 1.62 bits per heavy atom. The van der Waals surface area contributed by atoms with E-state index in [0.29, 0.717) is 11.4 Å². The van der Waals surface area contributed by atoms with Crippen molar-refractivity contribution in [3.05, 3.63) is 23.5 Å². The Hall–Kier alpha value is -1.91. The highest BCUT2D eigenvalue weighted by molar-refractivity contribution is 6.14. The van der Waals surface area contributed by atoms with E-state index in [-0.39, 0.29) is 12.5 Å². The molecule has 2 rings (SSSR count). The molecule has 5 heteroatoms. The molecule has 1 aliphatic rings. The summed E-state index contributed by atoms with van der Waals surface area (Å²) in [6.07, 6.45) is 1.58. The number of carbonyl (C=O) groups excluding carboxylic acids is 2. The third-order valence-electron chi connectivity index (χ3n) is 2.49. The van der Waals surface area contributed by atoms with Crippen LogP contribution in [-0.2, 0) is 14.3 Å². The number of aromatic nitrogens is 1. The van der Waals surface area contributed by atoms with Gasteiger partial charge in [0.2, 0.25) is 5.91 Å². The highest BCUT2D eigenvalue weighted by Crippen LogP contribution is 2.33. The molecule has 0 fully saturated rings. The van der Waals surface area contributed by atoms with E-state index in [0.717, 1.165) is 5.56 Å². The number of anilines is 1. The van der Waals surface area contributed by atoms with Crippen LogP contribution in [0.1, 0.15) is 24.1 Å². The van der Waals surface area contributed by atoms with E-state index >= 15 is 0 Å². The van der Waals surface area contributed by atoms with E-state index < -0.39 is 11.9 Å². The second-order valence-corrected chi connectivity index (χ2v) is 3.56. The van der Waals surface area contributed by atoms with Crippen molar-refractivity contribution in [2.24, 2.45) is 0 Å². The zero-order chi connectivity index (χ0) is 11.7. The Bertz CT molecular complexity index is 457. The van der Waals surface area contributed by atoms with Crippen molar-refractivity contribution >= 4 is 17.6 Å². The Kier molecular flexibility index (Phi) is 2.60. The van der Waals surface area contributed by atoms with Crippen LogP contribution in [-0.4, -0.2) is 23.5 Å².